The Kier molecular flexibility index (Phi) is 6.06. The van der Waals surface area contributed by atoms with Crippen molar-refractivity contribution in [1.29, 1.82) is 0 Å². The summed E-state index contributed by atoms with van der Waals surface area (Å²) < 4.78 is 11.9. The summed E-state index contributed by atoms with van der Waals surface area (Å²) in [7, 11) is 1.87. The summed E-state index contributed by atoms with van der Waals surface area (Å²) >= 11 is 0. The number of rotatable bonds is 6. The highest BCUT2D eigenvalue weighted by Gasteiger charge is 2.66. The molecule has 1 saturated heterocycles. The summed E-state index contributed by atoms with van der Waals surface area (Å²) in [6.07, 6.45) is 6.70. The monoisotopic (exact) mass is 514 g/mol. The molecule has 1 amide bonds. The number of phenols is 1. The number of hydrogen-bond acceptors (Lipinski definition) is 6. The van der Waals surface area contributed by atoms with Gasteiger partial charge in [-0.1, -0.05) is 43.0 Å². The number of likely N-dealkylation sites (N-methyl/N-ethyl adjacent to an activating group) is 1. The third kappa shape index (κ3) is 3.83. The number of piperidine rings is 1. The van der Waals surface area contributed by atoms with Crippen LogP contribution in [0.4, 0.5) is 0 Å². The first kappa shape index (κ1) is 24.7. The molecule has 38 heavy (non-hydrogen) atoms. The van der Waals surface area contributed by atoms with Crippen LogP contribution in [-0.2, 0) is 26.2 Å². The van der Waals surface area contributed by atoms with Crippen molar-refractivity contribution in [3.8, 4) is 11.5 Å². The van der Waals surface area contributed by atoms with E-state index in [2.05, 4.69) is 11.5 Å². The van der Waals surface area contributed by atoms with Gasteiger partial charge in [0.2, 0.25) is 5.91 Å². The molecule has 7 heteroatoms. The fourth-order valence-electron chi connectivity index (χ4n) is 7.67. The second kappa shape index (κ2) is 9.31. The molecule has 2 bridgehead atoms. The van der Waals surface area contributed by atoms with Crippen molar-refractivity contribution in [2.24, 2.45) is 5.92 Å². The van der Waals surface area contributed by atoms with E-state index in [1.807, 2.05) is 54.4 Å². The molecular formula is C31H34N2O5. The molecule has 0 radical (unpaired) electrons. The van der Waals surface area contributed by atoms with Gasteiger partial charge < -0.3 is 19.5 Å². The number of amides is 1. The molecule has 5 atom stereocenters. The zero-order valence-electron chi connectivity index (χ0n) is 21.9. The fraction of sp³-hybridized carbons (Fsp3) is 0.419. The summed E-state index contributed by atoms with van der Waals surface area (Å²) in [6.45, 7) is 6.69. The van der Waals surface area contributed by atoms with Crippen LogP contribution in [0.1, 0.15) is 42.9 Å². The first-order chi connectivity index (χ1) is 18.3. The summed E-state index contributed by atoms with van der Waals surface area (Å²) in [5.41, 5.74) is 3.05. The van der Waals surface area contributed by atoms with Gasteiger partial charge >= 0.3 is 5.97 Å². The number of nitrogens with zero attached hydrogens (tertiary/aromatic N) is 2. The minimum atomic E-state index is -0.351. The molecule has 2 aromatic carbocycles. The van der Waals surface area contributed by atoms with Crippen LogP contribution in [0.5, 0.6) is 11.5 Å². The highest BCUT2D eigenvalue weighted by Crippen LogP contribution is 2.64. The highest BCUT2D eigenvalue weighted by atomic mass is 16.5. The normalized spacial score (nSPS) is 28.9. The van der Waals surface area contributed by atoms with Gasteiger partial charge in [-0.05, 0) is 61.4 Å². The van der Waals surface area contributed by atoms with Crippen LogP contribution in [0.25, 0.3) is 6.08 Å². The lowest BCUT2D eigenvalue weighted by Gasteiger charge is -2.60. The first-order valence-electron chi connectivity index (χ1n) is 13.4. The van der Waals surface area contributed by atoms with Crippen LogP contribution in [-0.4, -0.2) is 65.1 Å². The molecule has 0 unspecified atom stereocenters. The summed E-state index contributed by atoms with van der Waals surface area (Å²) in [5.74, 6) is 1.14. The molecule has 198 valence electrons. The van der Waals surface area contributed by atoms with Crippen molar-refractivity contribution in [3.63, 3.8) is 0 Å². The Balaban J connectivity index is 1.32. The zero-order chi connectivity index (χ0) is 26.6. The summed E-state index contributed by atoms with van der Waals surface area (Å²) in [5, 5.41) is 10.8. The lowest BCUT2D eigenvalue weighted by Crippen LogP contribution is -2.69. The van der Waals surface area contributed by atoms with Gasteiger partial charge in [0.05, 0.1) is 12.6 Å². The maximum absolute atomic E-state index is 13.3. The Morgan fingerprint density at radius 2 is 2.03 bits per heavy atom. The number of carbonyl (C=O) groups excluding carboxylic acids is 2. The Hall–Kier alpha value is -3.58. The minimum absolute atomic E-state index is 0.0554. The van der Waals surface area contributed by atoms with Crippen molar-refractivity contribution in [2.45, 2.75) is 56.2 Å². The van der Waals surface area contributed by atoms with Crippen LogP contribution in [0.3, 0.4) is 0 Å². The number of esters is 1. The average molecular weight is 515 g/mol. The molecule has 4 aliphatic rings. The standard InChI is InChI=1S/C31H34N2O5/c1-19(37-20(2)34)18-33-16-15-31-23-11-12-24(32(3)27(36)14-9-21-7-5-4-6-8-21)30(31)38-29-26(35)13-10-22(28(29)31)17-25(23)33/h4-10,13-14,23-25,30,35H,1,11-12,15-18H2,2-3H3/t23-,24+,25+,30-,31-/m0/s1. The molecule has 6 rings (SSSR count). The maximum Gasteiger partial charge on any atom is 0.307 e. The van der Waals surface area contributed by atoms with Crippen LogP contribution in [0.15, 0.2) is 60.9 Å². The lowest BCUT2D eigenvalue weighted by atomic mass is 9.51. The molecular weight excluding hydrogens is 480 g/mol. The molecule has 1 spiro atoms. The average Bonchev–Trinajstić information content (AvgIpc) is 3.25. The van der Waals surface area contributed by atoms with Crippen molar-refractivity contribution >= 4 is 18.0 Å². The SMILES string of the molecule is C=C(CN1CC[C@]23c4c5ccc(O)c4O[C@H]2[C@H](N(C)C(=O)C=Cc2ccccc2)CC[C@H]3[C@H]1C5)OC(C)=O. The van der Waals surface area contributed by atoms with Gasteiger partial charge in [0.15, 0.2) is 11.5 Å². The predicted octanol–water partition coefficient (Wildman–Crippen LogP) is 4.05. The van der Waals surface area contributed by atoms with Gasteiger partial charge in [0.25, 0.3) is 0 Å². The van der Waals surface area contributed by atoms with Crippen LogP contribution in [0.2, 0.25) is 0 Å². The summed E-state index contributed by atoms with van der Waals surface area (Å²) in [6, 6.07) is 13.7. The van der Waals surface area contributed by atoms with E-state index in [1.54, 1.807) is 12.1 Å². The Morgan fingerprint density at radius 1 is 1.24 bits per heavy atom. The molecule has 0 aromatic heterocycles. The lowest BCUT2D eigenvalue weighted by molar-refractivity contribution is -0.139. The van der Waals surface area contributed by atoms with E-state index in [0.717, 1.165) is 43.4 Å². The summed E-state index contributed by atoms with van der Waals surface area (Å²) in [4.78, 5) is 29.0. The molecule has 2 aliphatic heterocycles. The molecule has 2 aliphatic carbocycles. The number of benzene rings is 2. The fourth-order valence-corrected chi connectivity index (χ4v) is 7.67. The second-order valence-corrected chi connectivity index (χ2v) is 11.1. The number of likely N-dealkylation sites (tertiary alicyclic amines) is 1. The van der Waals surface area contributed by atoms with Gasteiger partial charge in [0, 0.05) is 37.1 Å². The number of hydrogen-bond donors (Lipinski definition) is 1. The quantitative estimate of drug-likeness (QED) is 0.356. The number of phenolic OH excluding ortho intramolecular Hbond substituents is 1. The smallest absolute Gasteiger partial charge is 0.307 e. The Labute approximate surface area is 223 Å². The van der Waals surface area contributed by atoms with E-state index in [9.17, 15) is 14.7 Å². The predicted molar refractivity (Wildman–Crippen MR) is 144 cm³/mol. The van der Waals surface area contributed by atoms with E-state index in [-0.39, 0.29) is 41.2 Å². The minimum Gasteiger partial charge on any atom is -0.504 e. The number of carbonyl (C=O) groups is 2. The van der Waals surface area contributed by atoms with Crippen LogP contribution < -0.4 is 4.74 Å². The molecule has 2 heterocycles. The van der Waals surface area contributed by atoms with E-state index in [1.165, 1.54) is 12.5 Å². The maximum atomic E-state index is 13.3. The van der Waals surface area contributed by atoms with Crippen molar-refractivity contribution in [1.82, 2.24) is 9.80 Å². The highest BCUT2D eigenvalue weighted by molar-refractivity contribution is 5.92. The van der Waals surface area contributed by atoms with E-state index < -0.39 is 0 Å². The van der Waals surface area contributed by atoms with Crippen LogP contribution in [0, 0.1) is 5.92 Å². The second-order valence-electron chi connectivity index (χ2n) is 11.1. The van der Waals surface area contributed by atoms with Crippen LogP contribution >= 0.6 is 0 Å². The van der Waals surface area contributed by atoms with Crippen molar-refractivity contribution in [2.75, 3.05) is 20.1 Å². The molecule has 7 nitrogen and oxygen atoms in total. The van der Waals surface area contributed by atoms with Crippen molar-refractivity contribution in [3.05, 3.63) is 77.6 Å². The van der Waals surface area contributed by atoms with E-state index in [0.29, 0.717) is 24.0 Å². The topological polar surface area (TPSA) is 79.3 Å². The molecule has 1 N–H and O–H groups in total. The molecule has 2 fully saturated rings. The largest absolute Gasteiger partial charge is 0.504 e. The van der Waals surface area contributed by atoms with Gasteiger partial charge in [-0.2, -0.15) is 0 Å². The first-order valence-corrected chi connectivity index (χ1v) is 13.4. The number of aromatic hydroxyl groups is 1. The number of ether oxygens (including phenoxy) is 2. The Bertz CT molecular complexity index is 1320. The van der Waals surface area contributed by atoms with E-state index >= 15 is 0 Å². The van der Waals surface area contributed by atoms with Crippen molar-refractivity contribution < 1.29 is 24.2 Å². The third-order valence-corrected chi connectivity index (χ3v) is 9.13. The Morgan fingerprint density at radius 3 is 2.79 bits per heavy atom. The van der Waals surface area contributed by atoms with Gasteiger partial charge in [-0.15, -0.1) is 0 Å². The van der Waals surface area contributed by atoms with E-state index in [4.69, 9.17) is 9.47 Å². The molecule has 1 saturated carbocycles. The van der Waals surface area contributed by atoms with Gasteiger partial charge in [-0.3, -0.25) is 14.5 Å². The van der Waals surface area contributed by atoms with Gasteiger partial charge in [-0.25, -0.2) is 0 Å². The van der Waals surface area contributed by atoms with Gasteiger partial charge in [0.1, 0.15) is 11.9 Å². The zero-order valence-corrected chi connectivity index (χ0v) is 21.9. The molecule has 2 aromatic rings. The third-order valence-electron chi connectivity index (χ3n) is 9.13.